The van der Waals surface area contributed by atoms with Gasteiger partial charge in [-0.1, -0.05) is 23.7 Å². The van der Waals surface area contributed by atoms with Crippen molar-refractivity contribution in [2.45, 2.75) is 37.3 Å². The van der Waals surface area contributed by atoms with E-state index in [1.807, 2.05) is 0 Å². The molecule has 1 fully saturated rings. The molecular formula is C24H21ClF3N7O4. The minimum atomic E-state index is -4.50. The first-order valence-corrected chi connectivity index (χ1v) is 11.9. The number of nitrogens with one attached hydrogen (secondary N) is 2. The molecule has 0 bridgehead atoms. The number of anilines is 1. The summed E-state index contributed by atoms with van der Waals surface area (Å²) >= 11 is 6.09. The molecule has 1 aliphatic heterocycles. The summed E-state index contributed by atoms with van der Waals surface area (Å²) in [5, 5.41) is 26.7. The molecule has 1 aromatic carbocycles. The van der Waals surface area contributed by atoms with Gasteiger partial charge in [0.25, 0.3) is 5.91 Å². The highest BCUT2D eigenvalue weighted by molar-refractivity contribution is 6.30. The normalized spacial score (nSPS) is 21.3. The van der Waals surface area contributed by atoms with Gasteiger partial charge < -0.3 is 25.6 Å². The quantitative estimate of drug-likeness (QED) is 0.278. The number of halogens is 4. The second-order valence-corrected chi connectivity index (χ2v) is 9.14. The predicted octanol–water partition coefficient (Wildman–Crippen LogP) is 2.54. The number of amides is 1. The van der Waals surface area contributed by atoms with E-state index in [0.717, 1.165) is 12.1 Å². The van der Waals surface area contributed by atoms with E-state index in [1.54, 1.807) is 6.07 Å². The maximum absolute atomic E-state index is 13.2. The van der Waals surface area contributed by atoms with Gasteiger partial charge in [-0.15, -0.1) is 0 Å². The minimum Gasteiger partial charge on any atom is -0.387 e. The number of likely N-dealkylation sites (N-methyl/N-ethyl adjacent to an activating group) is 1. The number of nitrogens with zero attached hydrogens (tertiary/aromatic N) is 5. The third kappa shape index (κ3) is 5.23. The van der Waals surface area contributed by atoms with Gasteiger partial charge in [0.1, 0.15) is 12.2 Å². The fraction of sp³-hybridized carbons (Fsp3) is 0.292. The number of pyridine rings is 1. The third-order valence-corrected chi connectivity index (χ3v) is 6.32. The number of aliphatic hydroxyl groups is 2. The molecule has 0 radical (unpaired) electrons. The molecule has 204 valence electrons. The molecule has 0 saturated carbocycles. The lowest BCUT2D eigenvalue weighted by Gasteiger charge is -2.17. The van der Waals surface area contributed by atoms with Gasteiger partial charge in [0, 0.05) is 31.5 Å². The first kappa shape index (κ1) is 26.7. The zero-order valence-electron chi connectivity index (χ0n) is 20.1. The third-order valence-electron chi connectivity index (χ3n) is 6.12. The Bertz CT molecular complexity index is 1530. The van der Waals surface area contributed by atoms with Crippen LogP contribution in [-0.4, -0.2) is 66.0 Å². The van der Waals surface area contributed by atoms with Crippen molar-refractivity contribution in [2.75, 3.05) is 12.4 Å². The van der Waals surface area contributed by atoms with Gasteiger partial charge >= 0.3 is 6.18 Å². The molecule has 3 unspecified atom stereocenters. The van der Waals surface area contributed by atoms with Crippen LogP contribution in [0.2, 0.25) is 5.02 Å². The summed E-state index contributed by atoms with van der Waals surface area (Å²) in [4.78, 5) is 29.5. The van der Waals surface area contributed by atoms with Gasteiger partial charge in [0.15, 0.2) is 35.1 Å². The first-order valence-electron chi connectivity index (χ1n) is 11.6. The number of carbonyl (C=O) groups excluding carboxylic acids is 1. The van der Waals surface area contributed by atoms with Crippen molar-refractivity contribution in [1.82, 2.24) is 29.8 Å². The van der Waals surface area contributed by atoms with Crippen LogP contribution in [0.4, 0.5) is 19.0 Å². The standard InChI is InChI=1S/C24H21ClF3N7O4/c1-29-22(38)18-16(36)17(37)23(39-18)35-10-32-15-20(31-7-11-3-2-4-13(5-11)24(26,27)28)33-19(34-21(15)35)12-6-14(25)9-30-8-12/h2-6,8-10,16-18,23,36-37H,7H2,1H3,(H,29,38)(H,31,33,34)/t16?,17?,18-,23?/m1/s1. The molecule has 0 spiro atoms. The average molecular weight is 564 g/mol. The van der Waals surface area contributed by atoms with E-state index in [1.165, 1.54) is 42.5 Å². The van der Waals surface area contributed by atoms with E-state index in [-0.39, 0.29) is 29.4 Å². The highest BCUT2D eigenvalue weighted by Crippen LogP contribution is 2.34. The Morgan fingerprint density at radius 1 is 1.18 bits per heavy atom. The molecular weight excluding hydrogens is 543 g/mol. The number of carbonyl (C=O) groups is 1. The number of fused-ring (bicyclic) bond motifs is 1. The van der Waals surface area contributed by atoms with Crippen LogP contribution in [0.25, 0.3) is 22.6 Å². The van der Waals surface area contributed by atoms with Crippen molar-refractivity contribution in [2.24, 2.45) is 0 Å². The smallest absolute Gasteiger partial charge is 0.387 e. The van der Waals surface area contributed by atoms with E-state index < -0.39 is 42.2 Å². The molecule has 3 aromatic heterocycles. The fourth-order valence-electron chi connectivity index (χ4n) is 4.18. The van der Waals surface area contributed by atoms with Crippen LogP contribution in [0.1, 0.15) is 17.4 Å². The number of aliphatic hydroxyl groups excluding tert-OH is 2. The molecule has 39 heavy (non-hydrogen) atoms. The van der Waals surface area contributed by atoms with E-state index in [4.69, 9.17) is 16.3 Å². The minimum absolute atomic E-state index is 0.0316. The Morgan fingerprint density at radius 3 is 2.69 bits per heavy atom. The molecule has 0 aliphatic carbocycles. The molecule has 4 heterocycles. The number of hydrogen-bond donors (Lipinski definition) is 4. The largest absolute Gasteiger partial charge is 0.416 e. The Hall–Kier alpha value is -3.85. The van der Waals surface area contributed by atoms with Crippen LogP contribution in [0.15, 0.2) is 49.1 Å². The fourth-order valence-corrected chi connectivity index (χ4v) is 4.35. The number of alkyl halides is 3. The van der Waals surface area contributed by atoms with Crippen molar-refractivity contribution in [3.63, 3.8) is 0 Å². The Kier molecular flexibility index (Phi) is 7.11. The SMILES string of the molecule is CNC(=O)[C@@H]1OC(n2cnc3c(NCc4cccc(C(F)(F)F)c4)nc(-c4cncc(Cl)c4)nc32)C(O)C1O. The van der Waals surface area contributed by atoms with Crippen molar-refractivity contribution in [1.29, 1.82) is 0 Å². The molecule has 11 nitrogen and oxygen atoms in total. The zero-order chi connectivity index (χ0) is 27.9. The number of rotatable bonds is 6. The van der Waals surface area contributed by atoms with Gasteiger partial charge in [0.2, 0.25) is 0 Å². The van der Waals surface area contributed by atoms with Crippen LogP contribution in [-0.2, 0) is 22.3 Å². The zero-order valence-corrected chi connectivity index (χ0v) is 20.9. The number of hydrogen-bond acceptors (Lipinski definition) is 9. The molecule has 4 aromatic rings. The number of ether oxygens (including phenoxy) is 1. The van der Waals surface area contributed by atoms with Gasteiger partial charge in [-0.2, -0.15) is 13.2 Å². The van der Waals surface area contributed by atoms with Gasteiger partial charge in [-0.05, 0) is 23.8 Å². The van der Waals surface area contributed by atoms with E-state index in [9.17, 15) is 28.2 Å². The number of benzene rings is 1. The lowest BCUT2D eigenvalue weighted by Crippen LogP contribution is -2.41. The van der Waals surface area contributed by atoms with Gasteiger partial charge in [-0.25, -0.2) is 15.0 Å². The van der Waals surface area contributed by atoms with Crippen molar-refractivity contribution in [3.8, 4) is 11.4 Å². The van der Waals surface area contributed by atoms with Crippen molar-refractivity contribution in [3.05, 3.63) is 65.2 Å². The second kappa shape index (κ2) is 10.4. The monoisotopic (exact) mass is 563 g/mol. The van der Waals surface area contributed by atoms with Gasteiger partial charge in [-0.3, -0.25) is 14.3 Å². The van der Waals surface area contributed by atoms with Crippen LogP contribution in [0.5, 0.6) is 0 Å². The topological polar surface area (TPSA) is 147 Å². The van der Waals surface area contributed by atoms with Crippen molar-refractivity contribution < 1.29 is 32.9 Å². The molecule has 1 saturated heterocycles. The van der Waals surface area contributed by atoms with Crippen LogP contribution < -0.4 is 10.6 Å². The van der Waals surface area contributed by atoms with Crippen LogP contribution >= 0.6 is 11.6 Å². The highest BCUT2D eigenvalue weighted by atomic mass is 35.5. The molecule has 4 N–H and O–H groups in total. The summed E-state index contributed by atoms with van der Waals surface area (Å²) in [6.45, 7) is -0.0316. The Labute approximate surface area is 223 Å². The van der Waals surface area contributed by atoms with Crippen LogP contribution in [0.3, 0.4) is 0 Å². The molecule has 1 aliphatic rings. The predicted molar refractivity (Wildman–Crippen MR) is 132 cm³/mol. The first-order chi connectivity index (χ1) is 18.6. The van der Waals surface area contributed by atoms with Gasteiger partial charge in [0.05, 0.1) is 16.9 Å². The van der Waals surface area contributed by atoms with Crippen molar-refractivity contribution >= 4 is 34.5 Å². The summed E-state index contributed by atoms with van der Waals surface area (Å²) in [5.41, 5.74) is 0.333. The average Bonchev–Trinajstić information content (AvgIpc) is 3.47. The molecule has 15 heteroatoms. The molecule has 1 amide bonds. The summed E-state index contributed by atoms with van der Waals surface area (Å²) in [5.74, 6) is -0.319. The lowest BCUT2D eigenvalue weighted by molar-refractivity contribution is -0.138. The maximum Gasteiger partial charge on any atom is 0.416 e. The van der Waals surface area contributed by atoms with E-state index >= 15 is 0 Å². The van der Waals surface area contributed by atoms with Crippen LogP contribution in [0, 0.1) is 0 Å². The summed E-state index contributed by atoms with van der Waals surface area (Å²) in [6, 6.07) is 6.41. The summed E-state index contributed by atoms with van der Waals surface area (Å²) in [7, 11) is 1.37. The summed E-state index contributed by atoms with van der Waals surface area (Å²) in [6.07, 6.45) is -5.92. The molecule has 5 rings (SSSR count). The number of imidazole rings is 1. The number of aromatic nitrogens is 5. The van der Waals surface area contributed by atoms with E-state index in [0.29, 0.717) is 16.1 Å². The highest BCUT2D eigenvalue weighted by Gasteiger charge is 2.47. The lowest BCUT2D eigenvalue weighted by atomic mass is 10.1. The Morgan fingerprint density at radius 2 is 1.97 bits per heavy atom. The maximum atomic E-state index is 13.2. The Balaban J connectivity index is 1.56. The summed E-state index contributed by atoms with van der Waals surface area (Å²) < 4.78 is 46.5. The molecule has 4 atom stereocenters. The van der Waals surface area contributed by atoms with E-state index in [2.05, 4.69) is 30.6 Å². The second-order valence-electron chi connectivity index (χ2n) is 8.71.